The van der Waals surface area contributed by atoms with E-state index < -0.39 is 0 Å². The highest BCUT2D eigenvalue weighted by atomic mass is 14.8. The minimum absolute atomic E-state index is 0.937. The molecule has 17 heavy (non-hydrogen) atoms. The summed E-state index contributed by atoms with van der Waals surface area (Å²) in [5.74, 6) is 0. The van der Waals surface area contributed by atoms with E-state index in [0.29, 0.717) is 0 Å². The van der Waals surface area contributed by atoms with Gasteiger partial charge in [0.2, 0.25) is 0 Å². The van der Waals surface area contributed by atoms with Crippen molar-refractivity contribution in [2.24, 2.45) is 0 Å². The number of hydrogen-bond donors (Lipinski definition) is 1. The van der Waals surface area contributed by atoms with Crippen LogP contribution in [-0.4, -0.2) is 6.54 Å². The van der Waals surface area contributed by atoms with E-state index in [1.165, 1.54) is 17.5 Å². The van der Waals surface area contributed by atoms with Crippen molar-refractivity contribution >= 4 is 0 Å². The van der Waals surface area contributed by atoms with E-state index in [2.05, 4.69) is 47.8 Å². The summed E-state index contributed by atoms with van der Waals surface area (Å²) in [6.07, 6.45) is 2.33. The van der Waals surface area contributed by atoms with Crippen molar-refractivity contribution in [1.82, 2.24) is 5.32 Å². The second-order valence-corrected chi connectivity index (χ2v) is 4.18. The lowest BCUT2D eigenvalue weighted by molar-refractivity contribution is 0.649. The predicted octanol–water partition coefficient (Wildman–Crippen LogP) is 3.21. The monoisotopic (exact) mass is 224 g/mol. The van der Waals surface area contributed by atoms with Crippen LogP contribution in [0.25, 0.3) is 0 Å². The molecule has 1 N–H and O–H groups in total. The quantitative estimate of drug-likeness (QED) is 0.743. The topological polar surface area (TPSA) is 12.0 Å². The Kier molecular flexibility index (Phi) is 4.80. The molecule has 0 amide bonds. The van der Waals surface area contributed by atoms with Crippen molar-refractivity contribution in [2.45, 2.75) is 19.4 Å². The summed E-state index contributed by atoms with van der Waals surface area (Å²) in [6.45, 7) is 2.00. The van der Waals surface area contributed by atoms with Crippen LogP contribution >= 0.6 is 0 Å². The summed E-state index contributed by atoms with van der Waals surface area (Å²) in [5, 5.41) is 3.45. The molecule has 0 spiro atoms. The van der Waals surface area contributed by atoms with Gasteiger partial charge in [0.05, 0.1) is 0 Å². The van der Waals surface area contributed by atoms with Gasteiger partial charge in [-0.05, 0) is 42.6 Å². The molecule has 0 fully saturated rings. The summed E-state index contributed by atoms with van der Waals surface area (Å²) < 4.78 is 0. The summed E-state index contributed by atoms with van der Waals surface area (Å²) in [6, 6.07) is 21.8. The van der Waals surface area contributed by atoms with Gasteiger partial charge in [-0.1, -0.05) is 48.5 Å². The van der Waals surface area contributed by atoms with Crippen LogP contribution in [0.1, 0.15) is 17.5 Å². The Balaban J connectivity index is 1.61. The number of rotatable bonds is 6. The largest absolute Gasteiger partial charge is 0.313 e. The van der Waals surface area contributed by atoms with Crippen molar-refractivity contribution in [3.8, 4) is 0 Å². The first kappa shape index (κ1) is 11.9. The molecule has 0 unspecified atom stereocenters. The summed E-state index contributed by atoms with van der Waals surface area (Å²) >= 11 is 0. The van der Waals surface area contributed by atoms with Gasteiger partial charge in [-0.3, -0.25) is 0 Å². The van der Waals surface area contributed by atoms with Crippen LogP contribution in [0.15, 0.2) is 54.6 Å². The van der Waals surface area contributed by atoms with Crippen LogP contribution in [0, 0.1) is 6.07 Å². The molecule has 0 atom stereocenters. The molecule has 1 radical (unpaired) electrons. The zero-order valence-corrected chi connectivity index (χ0v) is 10.0. The number of benzene rings is 2. The summed E-state index contributed by atoms with van der Waals surface area (Å²) in [4.78, 5) is 0. The molecule has 0 aliphatic rings. The molecule has 87 valence electrons. The zero-order chi connectivity index (χ0) is 11.8. The Morgan fingerprint density at radius 3 is 2.53 bits per heavy atom. The maximum Gasteiger partial charge on any atom is 0.0205 e. The molecular formula is C16H18N. The van der Waals surface area contributed by atoms with Gasteiger partial charge in [-0.2, -0.15) is 0 Å². The van der Waals surface area contributed by atoms with E-state index in [1.807, 2.05) is 18.2 Å². The first-order chi connectivity index (χ1) is 8.45. The second kappa shape index (κ2) is 6.87. The molecule has 2 aromatic rings. The average molecular weight is 224 g/mol. The zero-order valence-electron chi connectivity index (χ0n) is 10.0. The molecule has 1 nitrogen and oxygen atoms in total. The second-order valence-electron chi connectivity index (χ2n) is 4.18. The maximum atomic E-state index is 3.45. The van der Waals surface area contributed by atoms with E-state index in [1.54, 1.807) is 0 Å². The van der Waals surface area contributed by atoms with Gasteiger partial charge >= 0.3 is 0 Å². The van der Waals surface area contributed by atoms with Crippen molar-refractivity contribution in [3.05, 3.63) is 71.8 Å². The smallest absolute Gasteiger partial charge is 0.0205 e. The molecule has 0 aliphatic heterocycles. The third-order valence-corrected chi connectivity index (χ3v) is 2.76. The third-order valence-electron chi connectivity index (χ3n) is 2.76. The highest BCUT2D eigenvalue weighted by Gasteiger charge is 1.93. The predicted molar refractivity (Wildman–Crippen MR) is 71.7 cm³/mol. The van der Waals surface area contributed by atoms with E-state index in [0.717, 1.165) is 19.5 Å². The van der Waals surface area contributed by atoms with Crippen molar-refractivity contribution in [1.29, 1.82) is 0 Å². The van der Waals surface area contributed by atoms with Crippen LogP contribution in [0.5, 0.6) is 0 Å². The minimum Gasteiger partial charge on any atom is -0.313 e. The van der Waals surface area contributed by atoms with Gasteiger partial charge in [0.25, 0.3) is 0 Å². The summed E-state index contributed by atoms with van der Waals surface area (Å²) in [7, 11) is 0. The van der Waals surface area contributed by atoms with Gasteiger partial charge in [0, 0.05) is 6.54 Å². The maximum absolute atomic E-state index is 3.45. The van der Waals surface area contributed by atoms with Gasteiger partial charge in [-0.15, -0.1) is 0 Å². The van der Waals surface area contributed by atoms with Crippen LogP contribution < -0.4 is 5.32 Å². The van der Waals surface area contributed by atoms with Crippen LogP contribution in [0.3, 0.4) is 0 Å². The van der Waals surface area contributed by atoms with Crippen molar-refractivity contribution in [2.75, 3.05) is 6.54 Å². The van der Waals surface area contributed by atoms with E-state index >= 15 is 0 Å². The number of hydrogen-bond acceptors (Lipinski definition) is 1. The minimum atomic E-state index is 0.937. The fraction of sp³-hybridized carbons (Fsp3) is 0.250. The fourth-order valence-electron chi connectivity index (χ4n) is 1.84. The average Bonchev–Trinajstić information content (AvgIpc) is 2.41. The molecule has 0 aromatic heterocycles. The molecule has 1 heteroatoms. The third kappa shape index (κ3) is 4.41. The molecule has 0 saturated carbocycles. The standard InChI is InChI=1S/C16H18N/c1-3-8-15(9-4-1)12-7-13-17-14-16-10-5-2-6-11-16/h1-5,8-11,17H,7,12-14H2. The van der Waals surface area contributed by atoms with Gasteiger partial charge in [0.15, 0.2) is 0 Å². The van der Waals surface area contributed by atoms with Crippen LogP contribution in [0.2, 0.25) is 0 Å². The molecule has 0 bridgehead atoms. The van der Waals surface area contributed by atoms with Gasteiger partial charge in [-0.25, -0.2) is 0 Å². The van der Waals surface area contributed by atoms with Gasteiger partial charge < -0.3 is 5.32 Å². The fourth-order valence-corrected chi connectivity index (χ4v) is 1.84. The van der Waals surface area contributed by atoms with Gasteiger partial charge in [0.1, 0.15) is 0 Å². The first-order valence-corrected chi connectivity index (χ1v) is 6.15. The Hall–Kier alpha value is -1.60. The molecule has 2 rings (SSSR count). The lowest BCUT2D eigenvalue weighted by Crippen LogP contribution is -2.15. The molecule has 0 saturated heterocycles. The normalized spacial score (nSPS) is 10.4. The Bertz CT molecular complexity index is 367. The van der Waals surface area contributed by atoms with Crippen molar-refractivity contribution in [3.63, 3.8) is 0 Å². The first-order valence-electron chi connectivity index (χ1n) is 6.15. The molecule has 2 aromatic carbocycles. The lowest BCUT2D eigenvalue weighted by atomic mass is 10.1. The molecule has 0 aliphatic carbocycles. The molecular weight excluding hydrogens is 206 g/mol. The van der Waals surface area contributed by atoms with E-state index in [9.17, 15) is 0 Å². The SMILES string of the molecule is [c]1cccc(CNCCCc2ccccc2)c1. The Morgan fingerprint density at radius 1 is 0.941 bits per heavy atom. The van der Waals surface area contributed by atoms with Crippen LogP contribution in [-0.2, 0) is 13.0 Å². The van der Waals surface area contributed by atoms with E-state index in [4.69, 9.17) is 0 Å². The number of nitrogens with one attached hydrogen (secondary N) is 1. The highest BCUT2D eigenvalue weighted by molar-refractivity contribution is 5.15. The lowest BCUT2D eigenvalue weighted by Gasteiger charge is -2.04. The molecule has 0 heterocycles. The Labute approximate surface area is 103 Å². The summed E-state index contributed by atoms with van der Waals surface area (Å²) in [5.41, 5.74) is 2.72. The van der Waals surface area contributed by atoms with Crippen molar-refractivity contribution < 1.29 is 0 Å². The Morgan fingerprint density at radius 2 is 1.76 bits per heavy atom. The van der Waals surface area contributed by atoms with Crippen LogP contribution in [0.4, 0.5) is 0 Å². The highest BCUT2D eigenvalue weighted by Crippen LogP contribution is 2.02. The number of aryl methyl sites for hydroxylation is 1. The van der Waals surface area contributed by atoms with E-state index in [-0.39, 0.29) is 0 Å².